The molecule has 1 aromatic carbocycles. The lowest BCUT2D eigenvalue weighted by molar-refractivity contribution is 0.840. The van der Waals surface area contributed by atoms with E-state index in [-0.39, 0.29) is 24.8 Å². The van der Waals surface area contributed by atoms with E-state index in [9.17, 15) is 0 Å². The van der Waals surface area contributed by atoms with Gasteiger partial charge in [0.25, 0.3) is 0 Å². The van der Waals surface area contributed by atoms with E-state index < -0.39 is 0 Å². The number of benzene rings is 1. The lowest BCUT2D eigenvalue weighted by Crippen LogP contribution is -2.23. The molecule has 0 fully saturated rings. The number of nitrogens with two attached hydrogens (primary N) is 1. The number of nitrogen functional groups attached to an aromatic ring is 1. The average Bonchev–Trinajstić information content (AvgIpc) is 2.61. The normalized spacial score (nSPS) is 8.88. The first-order valence-corrected chi connectivity index (χ1v) is 4.27. The van der Waals surface area contributed by atoms with Crippen molar-refractivity contribution in [1.82, 2.24) is 14.9 Å². The summed E-state index contributed by atoms with van der Waals surface area (Å²) in [5.41, 5.74) is 3.51. The Morgan fingerprint density at radius 1 is 1.12 bits per heavy atom. The van der Waals surface area contributed by atoms with Crippen LogP contribution >= 0.6 is 24.8 Å². The van der Waals surface area contributed by atoms with Crippen LogP contribution in [0, 0.1) is 6.92 Å². The molecule has 88 valence electrons. The van der Waals surface area contributed by atoms with Crippen LogP contribution in [-0.4, -0.2) is 14.9 Å². The molecule has 0 amide bonds. The van der Waals surface area contributed by atoms with Gasteiger partial charge in [-0.1, -0.05) is 30.3 Å². The third-order valence-electron chi connectivity index (χ3n) is 1.99. The topological polar surface area (TPSA) is 68.8 Å². The number of rotatable bonds is 2. The van der Waals surface area contributed by atoms with Crippen LogP contribution in [0.25, 0.3) is 11.4 Å². The van der Waals surface area contributed by atoms with Gasteiger partial charge in [-0.25, -0.2) is 10.5 Å². The zero-order valence-corrected chi connectivity index (χ0v) is 10.3. The van der Waals surface area contributed by atoms with Crippen molar-refractivity contribution in [3.05, 3.63) is 36.2 Å². The van der Waals surface area contributed by atoms with E-state index in [1.54, 1.807) is 4.68 Å². The summed E-state index contributed by atoms with van der Waals surface area (Å²) >= 11 is 0. The smallest absolute Gasteiger partial charge is 0.183 e. The van der Waals surface area contributed by atoms with Gasteiger partial charge in [-0.3, -0.25) is 5.53 Å². The number of hydrazine groups is 1. The molecule has 16 heavy (non-hydrogen) atoms. The molecule has 0 aliphatic carbocycles. The first-order valence-electron chi connectivity index (χ1n) is 4.27. The van der Waals surface area contributed by atoms with E-state index in [0.717, 1.165) is 11.4 Å². The largest absolute Gasteiger partial charge is 0.259 e. The van der Waals surface area contributed by atoms with Gasteiger partial charge >= 0.3 is 0 Å². The summed E-state index contributed by atoms with van der Waals surface area (Å²) in [5.74, 6) is 6.81. The number of nitrogens with one attached hydrogen (secondary N) is 1. The van der Waals surface area contributed by atoms with Gasteiger partial charge in [-0.05, 0) is 6.92 Å². The fourth-order valence-electron chi connectivity index (χ4n) is 1.29. The van der Waals surface area contributed by atoms with Crippen LogP contribution in [0.3, 0.4) is 0 Å². The highest BCUT2D eigenvalue weighted by atomic mass is 35.5. The lowest BCUT2D eigenvalue weighted by atomic mass is 10.2. The van der Waals surface area contributed by atoms with Crippen LogP contribution in [-0.2, 0) is 0 Å². The van der Waals surface area contributed by atoms with Crippen molar-refractivity contribution in [1.29, 1.82) is 0 Å². The first-order chi connectivity index (χ1) is 6.83. The summed E-state index contributed by atoms with van der Waals surface area (Å²) in [5, 5.41) is 7.96. The van der Waals surface area contributed by atoms with Crippen LogP contribution < -0.4 is 11.4 Å². The number of hydrogen-bond donors (Lipinski definition) is 2. The van der Waals surface area contributed by atoms with Crippen molar-refractivity contribution in [3.8, 4) is 11.4 Å². The molecule has 0 aliphatic rings. The second-order valence-corrected chi connectivity index (χ2v) is 2.90. The van der Waals surface area contributed by atoms with Gasteiger partial charge in [0.1, 0.15) is 0 Å². The summed E-state index contributed by atoms with van der Waals surface area (Å²) in [6.07, 6.45) is 0. The number of halogens is 2. The quantitative estimate of drug-likeness (QED) is 0.636. The molecule has 0 radical (unpaired) electrons. The molecule has 2 aromatic rings. The Kier molecular flexibility index (Phi) is 5.81. The van der Waals surface area contributed by atoms with Gasteiger partial charge < -0.3 is 0 Å². The van der Waals surface area contributed by atoms with Crippen molar-refractivity contribution >= 4 is 24.8 Å². The summed E-state index contributed by atoms with van der Waals surface area (Å²) in [6.45, 7) is 1.83. The third kappa shape index (κ3) is 2.63. The highest BCUT2D eigenvalue weighted by Gasteiger charge is 2.08. The molecule has 0 saturated carbocycles. The zero-order chi connectivity index (χ0) is 9.97. The first kappa shape index (κ1) is 14.7. The summed E-state index contributed by atoms with van der Waals surface area (Å²) in [6, 6.07) is 9.75. The highest BCUT2D eigenvalue weighted by Crippen LogP contribution is 2.15. The predicted octanol–water partition coefficient (Wildman–Crippen LogP) is 1.51. The van der Waals surface area contributed by atoms with Crippen molar-refractivity contribution < 1.29 is 0 Å². The molecule has 0 bridgehead atoms. The number of nitrogens with zero attached hydrogens (tertiary/aromatic N) is 3. The Balaban J connectivity index is 0.00000112. The molecule has 7 heteroatoms. The second-order valence-electron chi connectivity index (χ2n) is 2.90. The Bertz CT molecular complexity index is 429. The zero-order valence-electron chi connectivity index (χ0n) is 8.62. The molecule has 1 aromatic heterocycles. The minimum Gasteiger partial charge on any atom is -0.259 e. The molecular formula is C9H13Cl2N5. The van der Waals surface area contributed by atoms with Crippen LogP contribution in [0.5, 0.6) is 0 Å². The predicted molar refractivity (Wildman–Crippen MR) is 68.2 cm³/mol. The maximum atomic E-state index is 5.37. The molecule has 0 saturated heterocycles. The molecule has 3 N–H and O–H groups in total. The minimum atomic E-state index is 0. The van der Waals surface area contributed by atoms with E-state index in [0.29, 0.717) is 5.82 Å². The second kappa shape index (κ2) is 6.32. The molecule has 2 rings (SSSR count). The fourth-order valence-corrected chi connectivity index (χ4v) is 1.29. The maximum Gasteiger partial charge on any atom is 0.183 e. The molecule has 0 atom stereocenters. The number of aryl methyl sites for hydroxylation is 1. The highest BCUT2D eigenvalue weighted by molar-refractivity contribution is 5.85. The minimum absolute atomic E-state index is 0. The lowest BCUT2D eigenvalue weighted by Gasteiger charge is -2.05. The van der Waals surface area contributed by atoms with Crippen molar-refractivity contribution in [2.24, 2.45) is 5.84 Å². The van der Waals surface area contributed by atoms with Gasteiger partial charge in [0.2, 0.25) is 0 Å². The van der Waals surface area contributed by atoms with Gasteiger partial charge in [-0.15, -0.1) is 35.0 Å². The van der Waals surface area contributed by atoms with E-state index in [2.05, 4.69) is 15.7 Å². The SMILES string of the molecule is Cc1nnc(-c2ccccc2)n1NN.Cl.Cl. The Hall–Kier alpha value is -1.30. The van der Waals surface area contributed by atoms with Gasteiger partial charge in [-0.2, -0.15) is 0 Å². The van der Waals surface area contributed by atoms with E-state index in [1.807, 2.05) is 37.3 Å². The van der Waals surface area contributed by atoms with E-state index in [1.165, 1.54) is 0 Å². The Morgan fingerprint density at radius 2 is 1.75 bits per heavy atom. The molecule has 1 heterocycles. The van der Waals surface area contributed by atoms with Crippen LogP contribution in [0.1, 0.15) is 5.82 Å². The van der Waals surface area contributed by atoms with Crippen molar-refractivity contribution in [2.45, 2.75) is 6.92 Å². The molecule has 0 unspecified atom stereocenters. The summed E-state index contributed by atoms with van der Waals surface area (Å²) in [7, 11) is 0. The number of hydrogen-bond acceptors (Lipinski definition) is 4. The molecular weight excluding hydrogens is 249 g/mol. The van der Waals surface area contributed by atoms with Crippen molar-refractivity contribution in [2.75, 3.05) is 5.53 Å². The Morgan fingerprint density at radius 3 is 2.31 bits per heavy atom. The van der Waals surface area contributed by atoms with Gasteiger partial charge in [0.05, 0.1) is 0 Å². The summed E-state index contributed by atoms with van der Waals surface area (Å²) in [4.78, 5) is 0. The standard InChI is InChI=1S/C9H11N5.2ClH/c1-7-11-12-9(14(7)13-10)8-5-3-2-4-6-8;;/h2-6,13H,10H2,1H3;2*1H. The molecule has 0 aliphatic heterocycles. The average molecular weight is 262 g/mol. The monoisotopic (exact) mass is 261 g/mol. The molecule has 5 nitrogen and oxygen atoms in total. The van der Waals surface area contributed by atoms with Crippen LogP contribution in [0.15, 0.2) is 30.3 Å². The number of aromatic nitrogens is 3. The van der Waals surface area contributed by atoms with Gasteiger partial charge in [0.15, 0.2) is 11.6 Å². The third-order valence-corrected chi connectivity index (χ3v) is 1.99. The fraction of sp³-hybridized carbons (Fsp3) is 0.111. The van der Waals surface area contributed by atoms with E-state index in [4.69, 9.17) is 5.84 Å². The van der Waals surface area contributed by atoms with Crippen LogP contribution in [0.4, 0.5) is 0 Å². The van der Waals surface area contributed by atoms with E-state index >= 15 is 0 Å². The summed E-state index contributed by atoms with van der Waals surface area (Å²) < 4.78 is 1.63. The van der Waals surface area contributed by atoms with Gasteiger partial charge in [0, 0.05) is 5.56 Å². The maximum absolute atomic E-state index is 5.37. The Labute approximate surface area is 106 Å². The molecule has 0 spiro atoms. The van der Waals surface area contributed by atoms with Crippen molar-refractivity contribution in [3.63, 3.8) is 0 Å². The van der Waals surface area contributed by atoms with Crippen LogP contribution in [0.2, 0.25) is 0 Å².